The number of aliphatic hydroxyl groups excluding tert-OH is 1. The molecule has 4 nitrogen and oxygen atoms in total. The van der Waals surface area contributed by atoms with E-state index in [0.717, 1.165) is 0 Å². The Bertz CT molecular complexity index is 262. The molecule has 1 saturated heterocycles. The Balaban J connectivity index is 2.49. The van der Waals surface area contributed by atoms with Crippen molar-refractivity contribution in [2.45, 2.75) is 31.9 Å². The van der Waals surface area contributed by atoms with Crippen LogP contribution in [-0.2, 0) is 9.84 Å². The third-order valence-electron chi connectivity index (χ3n) is 3.05. The van der Waals surface area contributed by atoms with Crippen LogP contribution in [0.25, 0.3) is 0 Å². The van der Waals surface area contributed by atoms with Crippen molar-refractivity contribution >= 4 is 9.84 Å². The summed E-state index contributed by atoms with van der Waals surface area (Å²) in [6, 6.07) is 0.0285. The average Bonchev–Trinajstić information content (AvgIpc) is 2.15. The van der Waals surface area contributed by atoms with Gasteiger partial charge in [0.25, 0.3) is 0 Å². The molecule has 0 spiro atoms. The van der Waals surface area contributed by atoms with Crippen molar-refractivity contribution in [2.75, 3.05) is 18.6 Å². The van der Waals surface area contributed by atoms with E-state index in [0.29, 0.717) is 12.8 Å². The molecule has 2 unspecified atom stereocenters. The van der Waals surface area contributed by atoms with Crippen LogP contribution in [0.5, 0.6) is 0 Å². The van der Waals surface area contributed by atoms with Crippen molar-refractivity contribution in [1.29, 1.82) is 0 Å². The fourth-order valence-corrected chi connectivity index (χ4v) is 3.36. The normalized spacial score (nSPS) is 27.1. The van der Waals surface area contributed by atoms with Crippen LogP contribution in [0.3, 0.4) is 0 Å². The Morgan fingerprint density at radius 2 is 1.86 bits per heavy atom. The van der Waals surface area contributed by atoms with E-state index >= 15 is 0 Å². The van der Waals surface area contributed by atoms with Crippen LogP contribution in [0.1, 0.15) is 19.8 Å². The number of nitrogens with one attached hydrogen (secondary N) is 1. The molecular formula is C9H19NO3S. The maximum Gasteiger partial charge on any atom is 0.150 e. The summed E-state index contributed by atoms with van der Waals surface area (Å²) >= 11 is 0. The predicted octanol–water partition coefficient (Wildman–Crippen LogP) is -0.220. The fourth-order valence-electron chi connectivity index (χ4n) is 1.83. The van der Waals surface area contributed by atoms with Crippen LogP contribution in [-0.4, -0.2) is 44.2 Å². The first-order valence-electron chi connectivity index (χ1n) is 5.02. The number of rotatable bonds is 3. The molecule has 0 radical (unpaired) electrons. The van der Waals surface area contributed by atoms with Gasteiger partial charge in [-0.2, -0.15) is 0 Å². The van der Waals surface area contributed by atoms with Crippen molar-refractivity contribution < 1.29 is 13.5 Å². The zero-order valence-electron chi connectivity index (χ0n) is 8.73. The van der Waals surface area contributed by atoms with Gasteiger partial charge in [-0.15, -0.1) is 0 Å². The molecule has 1 fully saturated rings. The molecule has 1 aliphatic heterocycles. The summed E-state index contributed by atoms with van der Waals surface area (Å²) in [6.45, 7) is 1.91. The second-order valence-electron chi connectivity index (χ2n) is 4.06. The van der Waals surface area contributed by atoms with Crippen molar-refractivity contribution in [1.82, 2.24) is 5.32 Å². The fraction of sp³-hybridized carbons (Fsp3) is 1.00. The summed E-state index contributed by atoms with van der Waals surface area (Å²) in [4.78, 5) is 0. The third kappa shape index (κ3) is 2.93. The summed E-state index contributed by atoms with van der Waals surface area (Å²) in [5.74, 6) is 0.581. The van der Waals surface area contributed by atoms with Gasteiger partial charge in [-0.3, -0.25) is 0 Å². The highest BCUT2D eigenvalue weighted by Crippen LogP contribution is 2.23. The molecule has 2 N–H and O–H groups in total. The smallest absolute Gasteiger partial charge is 0.150 e. The van der Waals surface area contributed by atoms with E-state index < -0.39 is 15.9 Å². The van der Waals surface area contributed by atoms with Gasteiger partial charge in [-0.05, 0) is 32.7 Å². The van der Waals surface area contributed by atoms with Crippen molar-refractivity contribution in [3.63, 3.8) is 0 Å². The molecule has 0 aromatic heterocycles. The van der Waals surface area contributed by atoms with Gasteiger partial charge in [-0.1, -0.05) is 0 Å². The number of hydrogen-bond donors (Lipinski definition) is 2. The minimum atomic E-state index is -2.81. The van der Waals surface area contributed by atoms with Gasteiger partial charge in [-0.25, -0.2) is 8.42 Å². The van der Waals surface area contributed by atoms with E-state index in [-0.39, 0.29) is 23.5 Å². The van der Waals surface area contributed by atoms with E-state index in [1.165, 1.54) is 0 Å². The molecular weight excluding hydrogens is 202 g/mol. The standard InChI is InChI=1S/C9H19NO3S/c1-7(10-2)9(11)8-3-5-14(12,13)6-4-8/h7-11H,3-6H2,1-2H3. The third-order valence-corrected chi connectivity index (χ3v) is 4.77. The highest BCUT2D eigenvalue weighted by molar-refractivity contribution is 7.91. The topological polar surface area (TPSA) is 66.4 Å². The second-order valence-corrected chi connectivity index (χ2v) is 6.36. The van der Waals surface area contributed by atoms with Crippen LogP contribution in [0.4, 0.5) is 0 Å². The van der Waals surface area contributed by atoms with Crippen LogP contribution >= 0.6 is 0 Å². The van der Waals surface area contributed by atoms with Gasteiger partial charge in [0.2, 0.25) is 0 Å². The Hall–Kier alpha value is -0.130. The molecule has 1 heterocycles. The Kier molecular flexibility index (Phi) is 3.92. The maximum absolute atomic E-state index is 11.2. The van der Waals surface area contributed by atoms with Gasteiger partial charge in [0.05, 0.1) is 17.6 Å². The lowest BCUT2D eigenvalue weighted by atomic mass is 9.92. The van der Waals surface area contributed by atoms with Crippen LogP contribution < -0.4 is 5.32 Å². The summed E-state index contributed by atoms with van der Waals surface area (Å²) < 4.78 is 22.3. The lowest BCUT2D eigenvalue weighted by Gasteiger charge is -2.30. The van der Waals surface area contributed by atoms with E-state index in [4.69, 9.17) is 0 Å². The quantitative estimate of drug-likeness (QED) is 0.691. The molecule has 0 aromatic rings. The minimum absolute atomic E-state index is 0.0285. The molecule has 0 aromatic carbocycles. The Labute approximate surface area is 85.6 Å². The molecule has 0 bridgehead atoms. The summed E-state index contributed by atoms with van der Waals surface area (Å²) in [6.07, 6.45) is 0.751. The second kappa shape index (κ2) is 4.59. The number of sulfone groups is 1. The predicted molar refractivity (Wildman–Crippen MR) is 55.9 cm³/mol. The van der Waals surface area contributed by atoms with E-state index in [9.17, 15) is 13.5 Å². The average molecular weight is 221 g/mol. The minimum Gasteiger partial charge on any atom is -0.391 e. The van der Waals surface area contributed by atoms with Gasteiger partial charge >= 0.3 is 0 Å². The molecule has 2 atom stereocenters. The first-order chi connectivity index (χ1) is 6.46. The summed E-state index contributed by atoms with van der Waals surface area (Å²) in [5.41, 5.74) is 0. The van der Waals surface area contributed by atoms with Gasteiger partial charge in [0.1, 0.15) is 9.84 Å². The number of hydrogen-bond acceptors (Lipinski definition) is 4. The molecule has 1 aliphatic rings. The lowest BCUT2D eigenvalue weighted by molar-refractivity contribution is 0.0720. The highest BCUT2D eigenvalue weighted by atomic mass is 32.2. The Morgan fingerprint density at radius 3 is 2.29 bits per heavy atom. The van der Waals surface area contributed by atoms with E-state index in [1.54, 1.807) is 7.05 Å². The highest BCUT2D eigenvalue weighted by Gasteiger charge is 2.30. The van der Waals surface area contributed by atoms with Crippen molar-refractivity contribution in [3.8, 4) is 0 Å². The van der Waals surface area contributed by atoms with Gasteiger partial charge < -0.3 is 10.4 Å². The first kappa shape index (κ1) is 11.9. The maximum atomic E-state index is 11.2. The summed E-state index contributed by atoms with van der Waals surface area (Å²) in [5, 5.41) is 12.8. The van der Waals surface area contributed by atoms with E-state index in [2.05, 4.69) is 5.32 Å². The molecule has 0 saturated carbocycles. The SMILES string of the molecule is CNC(C)C(O)C1CCS(=O)(=O)CC1. The van der Waals surface area contributed by atoms with Crippen LogP contribution in [0, 0.1) is 5.92 Å². The molecule has 0 aliphatic carbocycles. The molecule has 14 heavy (non-hydrogen) atoms. The Morgan fingerprint density at radius 1 is 1.36 bits per heavy atom. The molecule has 84 valence electrons. The van der Waals surface area contributed by atoms with E-state index in [1.807, 2.05) is 6.92 Å². The zero-order valence-corrected chi connectivity index (χ0v) is 9.55. The lowest BCUT2D eigenvalue weighted by Crippen LogP contribution is -2.42. The van der Waals surface area contributed by atoms with Gasteiger partial charge in [0.15, 0.2) is 0 Å². The zero-order chi connectivity index (χ0) is 10.8. The van der Waals surface area contributed by atoms with Gasteiger partial charge in [0, 0.05) is 6.04 Å². The molecule has 1 rings (SSSR count). The number of aliphatic hydroxyl groups is 1. The first-order valence-corrected chi connectivity index (χ1v) is 6.84. The summed E-state index contributed by atoms with van der Waals surface area (Å²) in [7, 11) is -1.01. The largest absolute Gasteiger partial charge is 0.391 e. The molecule has 0 amide bonds. The molecule has 5 heteroatoms. The monoisotopic (exact) mass is 221 g/mol. The van der Waals surface area contributed by atoms with Crippen LogP contribution in [0.2, 0.25) is 0 Å². The van der Waals surface area contributed by atoms with Crippen LogP contribution in [0.15, 0.2) is 0 Å². The van der Waals surface area contributed by atoms with Crippen molar-refractivity contribution in [2.24, 2.45) is 5.92 Å². The van der Waals surface area contributed by atoms with Crippen molar-refractivity contribution in [3.05, 3.63) is 0 Å². The number of likely N-dealkylation sites (N-methyl/N-ethyl adjacent to an activating group) is 1.